The Morgan fingerprint density at radius 1 is 0.921 bits per heavy atom. The summed E-state index contributed by atoms with van der Waals surface area (Å²) in [6, 6.07) is 27.8. The highest BCUT2D eigenvalue weighted by Crippen LogP contribution is 2.40. The number of benzene rings is 3. The summed E-state index contributed by atoms with van der Waals surface area (Å²) in [4.78, 5) is 18.0. The molecule has 4 rings (SSSR count). The third-order valence-corrected chi connectivity index (χ3v) is 7.74. The van der Waals surface area contributed by atoms with Gasteiger partial charge in [-0.1, -0.05) is 78.9 Å². The number of amides is 1. The first-order valence-corrected chi connectivity index (χ1v) is 13.5. The number of carbonyl (C=O) groups is 1. The molecule has 0 saturated carbocycles. The largest absolute Gasteiger partial charge is 0.493 e. The van der Waals surface area contributed by atoms with Gasteiger partial charge in [0.15, 0.2) is 0 Å². The minimum absolute atomic E-state index is 0.0670. The number of carbonyl (C=O) groups excluding carboxylic acids is 1. The molecule has 3 aromatic carbocycles. The van der Waals surface area contributed by atoms with Gasteiger partial charge in [-0.05, 0) is 43.0 Å². The Kier molecular flexibility index (Phi) is 9.21. The fourth-order valence-electron chi connectivity index (χ4n) is 5.60. The van der Waals surface area contributed by atoms with E-state index in [-0.39, 0.29) is 12.5 Å². The number of nitrogens with zero attached hydrogens (tertiary/aromatic N) is 2. The second kappa shape index (κ2) is 12.6. The van der Waals surface area contributed by atoms with Crippen molar-refractivity contribution >= 4 is 5.91 Å². The topological polar surface area (TPSA) is 73.2 Å². The Hall–Kier alpha value is -3.19. The van der Waals surface area contributed by atoms with Crippen LogP contribution in [-0.4, -0.2) is 72.9 Å². The summed E-state index contributed by atoms with van der Waals surface area (Å²) in [5, 5.41) is 20.7. The number of piperidine rings is 1. The van der Waals surface area contributed by atoms with Gasteiger partial charge in [-0.25, -0.2) is 0 Å². The first-order valence-electron chi connectivity index (χ1n) is 13.5. The lowest BCUT2D eigenvalue weighted by Crippen LogP contribution is -2.49. The van der Waals surface area contributed by atoms with E-state index in [4.69, 9.17) is 9.84 Å². The van der Waals surface area contributed by atoms with E-state index in [0.717, 1.165) is 36.3 Å². The van der Waals surface area contributed by atoms with Gasteiger partial charge in [-0.2, -0.15) is 0 Å². The second-order valence-electron chi connectivity index (χ2n) is 10.4. The molecule has 0 unspecified atom stereocenters. The number of rotatable bonds is 11. The van der Waals surface area contributed by atoms with Crippen LogP contribution < -0.4 is 4.74 Å². The molecule has 6 heteroatoms. The Labute approximate surface area is 226 Å². The van der Waals surface area contributed by atoms with E-state index in [0.29, 0.717) is 38.0 Å². The highest BCUT2D eigenvalue weighted by atomic mass is 16.5. The fourth-order valence-corrected chi connectivity index (χ4v) is 5.60. The number of hydrogen-bond donors (Lipinski definition) is 2. The third-order valence-electron chi connectivity index (χ3n) is 7.74. The molecule has 1 fully saturated rings. The zero-order valence-corrected chi connectivity index (χ0v) is 22.6. The van der Waals surface area contributed by atoms with Crippen molar-refractivity contribution in [1.29, 1.82) is 0 Å². The molecule has 0 radical (unpaired) electrons. The smallest absolute Gasteiger partial charge is 0.237 e. The highest BCUT2D eigenvalue weighted by Gasteiger charge is 2.44. The van der Waals surface area contributed by atoms with E-state index in [2.05, 4.69) is 29.2 Å². The normalized spacial score (nSPS) is 15.7. The number of ether oxygens (including phenoxy) is 1. The SMILES string of the molecule is CN(C)C(=O)C(CCN1CCC(O)(c2ccccc2OCCCO)CC1)(c1ccccc1)c1ccccc1. The first-order chi connectivity index (χ1) is 18.4. The van der Waals surface area contributed by atoms with E-state index in [1.54, 1.807) is 4.90 Å². The van der Waals surface area contributed by atoms with Gasteiger partial charge in [-0.3, -0.25) is 4.79 Å². The molecule has 0 aromatic heterocycles. The van der Waals surface area contributed by atoms with Gasteiger partial charge in [0.2, 0.25) is 5.91 Å². The molecule has 1 aliphatic heterocycles. The van der Waals surface area contributed by atoms with Crippen LogP contribution in [0, 0.1) is 0 Å². The third kappa shape index (κ3) is 5.93. The van der Waals surface area contributed by atoms with Crippen molar-refractivity contribution in [3.05, 3.63) is 102 Å². The molecule has 0 spiro atoms. The molecule has 1 aliphatic rings. The van der Waals surface area contributed by atoms with Crippen molar-refractivity contribution in [2.24, 2.45) is 0 Å². The molecule has 1 amide bonds. The molecular formula is C32H40N2O4. The van der Waals surface area contributed by atoms with E-state index in [1.807, 2.05) is 74.8 Å². The van der Waals surface area contributed by atoms with Gasteiger partial charge in [-0.15, -0.1) is 0 Å². The zero-order valence-electron chi connectivity index (χ0n) is 22.6. The summed E-state index contributed by atoms with van der Waals surface area (Å²) in [5.74, 6) is 0.748. The van der Waals surface area contributed by atoms with Crippen molar-refractivity contribution in [2.45, 2.75) is 36.7 Å². The quantitative estimate of drug-likeness (QED) is 0.374. The van der Waals surface area contributed by atoms with Crippen molar-refractivity contribution in [1.82, 2.24) is 9.80 Å². The van der Waals surface area contributed by atoms with Gasteiger partial charge in [0, 0.05) is 45.8 Å². The van der Waals surface area contributed by atoms with Crippen LogP contribution in [0.5, 0.6) is 5.75 Å². The molecular weight excluding hydrogens is 476 g/mol. The number of aliphatic hydroxyl groups excluding tert-OH is 1. The summed E-state index contributed by atoms with van der Waals surface area (Å²) in [6.07, 6.45) is 2.35. The van der Waals surface area contributed by atoms with E-state index in [9.17, 15) is 9.90 Å². The van der Waals surface area contributed by atoms with Crippen LogP contribution in [0.25, 0.3) is 0 Å². The van der Waals surface area contributed by atoms with Crippen LogP contribution in [0.1, 0.15) is 42.4 Å². The Bertz CT molecular complexity index is 1120. The van der Waals surface area contributed by atoms with Crippen LogP contribution in [-0.2, 0) is 15.8 Å². The van der Waals surface area contributed by atoms with E-state index < -0.39 is 11.0 Å². The van der Waals surface area contributed by atoms with Gasteiger partial charge in [0.1, 0.15) is 11.2 Å². The van der Waals surface area contributed by atoms with Gasteiger partial charge in [0.05, 0.1) is 12.2 Å². The lowest BCUT2D eigenvalue weighted by Gasteiger charge is -2.41. The van der Waals surface area contributed by atoms with Crippen molar-refractivity contribution < 1.29 is 19.7 Å². The molecule has 202 valence electrons. The molecule has 0 atom stereocenters. The van der Waals surface area contributed by atoms with Crippen LogP contribution in [0.15, 0.2) is 84.9 Å². The molecule has 0 bridgehead atoms. The summed E-state index contributed by atoms with van der Waals surface area (Å²) >= 11 is 0. The minimum Gasteiger partial charge on any atom is -0.493 e. The fraction of sp³-hybridized carbons (Fsp3) is 0.406. The average molecular weight is 517 g/mol. The standard InChI is InChI=1S/C32H40N2O4/c1-33(2)30(36)32(26-12-5-3-6-13-26,27-14-7-4-8-15-27)20-23-34-21-18-31(37,19-22-34)28-16-9-10-17-29(28)38-25-11-24-35/h3-10,12-17,35,37H,11,18-25H2,1-2H3. The van der Waals surface area contributed by atoms with E-state index >= 15 is 0 Å². The number of para-hydroxylation sites is 1. The van der Waals surface area contributed by atoms with Gasteiger partial charge >= 0.3 is 0 Å². The maximum Gasteiger partial charge on any atom is 0.237 e. The van der Waals surface area contributed by atoms with Crippen LogP contribution >= 0.6 is 0 Å². The van der Waals surface area contributed by atoms with Crippen LogP contribution in [0.3, 0.4) is 0 Å². The Morgan fingerprint density at radius 3 is 2.03 bits per heavy atom. The summed E-state index contributed by atoms with van der Waals surface area (Å²) < 4.78 is 5.89. The van der Waals surface area contributed by atoms with Crippen molar-refractivity contribution in [3.63, 3.8) is 0 Å². The number of likely N-dealkylation sites (tertiary alicyclic amines) is 1. The average Bonchev–Trinajstić information content (AvgIpc) is 2.96. The van der Waals surface area contributed by atoms with Crippen LogP contribution in [0.2, 0.25) is 0 Å². The summed E-state index contributed by atoms with van der Waals surface area (Å²) in [5.41, 5.74) is 1.03. The zero-order chi connectivity index (χ0) is 27.0. The summed E-state index contributed by atoms with van der Waals surface area (Å²) in [7, 11) is 3.65. The van der Waals surface area contributed by atoms with Gasteiger partial charge in [0.25, 0.3) is 0 Å². The lowest BCUT2D eigenvalue weighted by molar-refractivity contribution is -0.133. The molecule has 1 heterocycles. The first kappa shape index (κ1) is 27.8. The molecule has 6 nitrogen and oxygen atoms in total. The second-order valence-corrected chi connectivity index (χ2v) is 10.4. The number of aliphatic hydroxyl groups is 2. The lowest BCUT2D eigenvalue weighted by atomic mass is 9.70. The minimum atomic E-state index is -0.971. The van der Waals surface area contributed by atoms with E-state index in [1.165, 1.54) is 0 Å². The molecule has 2 N–H and O–H groups in total. The van der Waals surface area contributed by atoms with Crippen molar-refractivity contribution in [2.75, 3.05) is 46.9 Å². The predicted molar refractivity (Wildman–Crippen MR) is 150 cm³/mol. The number of likely N-dealkylation sites (N-methyl/N-ethyl adjacent to an activating group) is 1. The van der Waals surface area contributed by atoms with Crippen LogP contribution in [0.4, 0.5) is 0 Å². The molecule has 38 heavy (non-hydrogen) atoms. The Balaban J connectivity index is 1.54. The van der Waals surface area contributed by atoms with Gasteiger partial charge < -0.3 is 24.7 Å². The monoisotopic (exact) mass is 516 g/mol. The molecule has 1 saturated heterocycles. The predicted octanol–water partition coefficient (Wildman–Crippen LogP) is 4.20. The molecule has 3 aromatic rings. The Morgan fingerprint density at radius 2 is 1.47 bits per heavy atom. The van der Waals surface area contributed by atoms with Crippen molar-refractivity contribution in [3.8, 4) is 5.75 Å². The summed E-state index contributed by atoms with van der Waals surface area (Å²) in [6.45, 7) is 2.66. The highest BCUT2D eigenvalue weighted by molar-refractivity contribution is 5.91. The maximum atomic E-state index is 13.9. The molecule has 0 aliphatic carbocycles. The maximum absolute atomic E-state index is 13.9. The number of hydrogen-bond acceptors (Lipinski definition) is 5.